The maximum absolute atomic E-state index is 12.6. The van der Waals surface area contributed by atoms with Crippen molar-refractivity contribution in [3.63, 3.8) is 0 Å². The second-order valence-electron chi connectivity index (χ2n) is 6.25. The Kier molecular flexibility index (Phi) is 4.93. The molecule has 0 bridgehead atoms. The van der Waals surface area contributed by atoms with Crippen LogP contribution in [0.5, 0.6) is 11.5 Å². The molecule has 0 saturated heterocycles. The topological polar surface area (TPSA) is 64.8 Å². The van der Waals surface area contributed by atoms with Crippen LogP contribution >= 0.6 is 0 Å². The minimum Gasteiger partial charge on any atom is -0.454 e. The standard InChI is InChI=1S/C22H19N3O3/c1-16(8-9-17-10-11-20-21(14-17)28-15-27-20)23-24-22(26)18-6-2-3-7-19(18)25-12-4-5-13-25/h2-14H,15H2,1H3,(H,24,26)/b9-8-,23-16?. The predicted molar refractivity (Wildman–Crippen MR) is 108 cm³/mol. The minimum absolute atomic E-state index is 0.250. The molecule has 1 aliphatic rings. The van der Waals surface area contributed by atoms with Crippen LogP contribution in [0.25, 0.3) is 11.8 Å². The molecule has 2 aromatic carbocycles. The second-order valence-corrected chi connectivity index (χ2v) is 6.25. The van der Waals surface area contributed by atoms with E-state index in [4.69, 9.17) is 9.47 Å². The average molecular weight is 373 g/mol. The molecule has 0 saturated carbocycles. The van der Waals surface area contributed by atoms with E-state index in [0.717, 1.165) is 22.7 Å². The number of benzene rings is 2. The van der Waals surface area contributed by atoms with Gasteiger partial charge in [-0.05, 0) is 55.0 Å². The van der Waals surface area contributed by atoms with Gasteiger partial charge in [0.15, 0.2) is 11.5 Å². The van der Waals surface area contributed by atoms with Crippen LogP contribution in [0.4, 0.5) is 0 Å². The quantitative estimate of drug-likeness (QED) is 0.543. The van der Waals surface area contributed by atoms with Gasteiger partial charge in [-0.2, -0.15) is 5.10 Å². The van der Waals surface area contributed by atoms with Crippen molar-refractivity contribution in [2.45, 2.75) is 6.92 Å². The summed E-state index contributed by atoms with van der Waals surface area (Å²) in [4.78, 5) is 12.6. The van der Waals surface area contributed by atoms with Crippen molar-refractivity contribution >= 4 is 17.7 Å². The first kappa shape index (κ1) is 17.6. The Morgan fingerprint density at radius 3 is 2.71 bits per heavy atom. The lowest BCUT2D eigenvalue weighted by atomic mass is 10.1. The molecule has 1 aliphatic heterocycles. The number of ether oxygens (including phenoxy) is 2. The number of amides is 1. The van der Waals surface area contributed by atoms with E-state index in [1.807, 2.05) is 84.6 Å². The highest BCUT2D eigenvalue weighted by molar-refractivity contribution is 6.00. The first-order valence-corrected chi connectivity index (χ1v) is 8.85. The third-order valence-electron chi connectivity index (χ3n) is 4.28. The summed E-state index contributed by atoms with van der Waals surface area (Å²) in [6.45, 7) is 2.07. The normalized spacial score (nSPS) is 13.1. The molecule has 4 rings (SSSR count). The lowest BCUT2D eigenvalue weighted by molar-refractivity contribution is 0.0955. The zero-order valence-electron chi connectivity index (χ0n) is 15.3. The molecule has 1 aromatic heterocycles. The Hall–Kier alpha value is -3.80. The highest BCUT2D eigenvalue weighted by atomic mass is 16.7. The van der Waals surface area contributed by atoms with E-state index < -0.39 is 0 Å². The molecule has 0 radical (unpaired) electrons. The zero-order valence-corrected chi connectivity index (χ0v) is 15.3. The second kappa shape index (κ2) is 7.84. The summed E-state index contributed by atoms with van der Waals surface area (Å²) in [5.41, 5.74) is 5.60. The third-order valence-corrected chi connectivity index (χ3v) is 4.28. The van der Waals surface area contributed by atoms with Gasteiger partial charge in [0.05, 0.1) is 17.0 Å². The molecule has 3 aromatic rings. The summed E-state index contributed by atoms with van der Waals surface area (Å²) in [6.07, 6.45) is 7.53. The van der Waals surface area contributed by atoms with Crippen molar-refractivity contribution in [2.24, 2.45) is 5.10 Å². The molecule has 0 aliphatic carbocycles. The van der Waals surface area contributed by atoms with Crippen LogP contribution in [-0.4, -0.2) is 23.0 Å². The number of hydrazone groups is 1. The molecule has 6 nitrogen and oxygen atoms in total. The molecule has 0 spiro atoms. The molecule has 2 heterocycles. The van der Waals surface area contributed by atoms with Crippen LogP contribution in [0.1, 0.15) is 22.8 Å². The van der Waals surface area contributed by atoms with Crippen LogP contribution in [0, 0.1) is 0 Å². The van der Waals surface area contributed by atoms with Crippen LogP contribution in [-0.2, 0) is 0 Å². The van der Waals surface area contributed by atoms with Gasteiger partial charge in [-0.15, -0.1) is 0 Å². The van der Waals surface area contributed by atoms with E-state index in [1.165, 1.54) is 0 Å². The molecule has 28 heavy (non-hydrogen) atoms. The highest BCUT2D eigenvalue weighted by Crippen LogP contribution is 2.32. The summed E-state index contributed by atoms with van der Waals surface area (Å²) in [5, 5.41) is 4.18. The van der Waals surface area contributed by atoms with Crippen molar-refractivity contribution in [1.29, 1.82) is 0 Å². The summed E-state index contributed by atoms with van der Waals surface area (Å²) in [7, 11) is 0. The third kappa shape index (κ3) is 3.81. The number of para-hydroxylation sites is 1. The number of fused-ring (bicyclic) bond motifs is 1. The van der Waals surface area contributed by atoms with E-state index in [2.05, 4.69) is 10.5 Å². The number of nitrogens with one attached hydrogen (secondary N) is 1. The van der Waals surface area contributed by atoms with Gasteiger partial charge in [0.25, 0.3) is 5.91 Å². The Labute approximate surface area is 162 Å². The van der Waals surface area contributed by atoms with Gasteiger partial charge >= 0.3 is 0 Å². The van der Waals surface area contributed by atoms with Gasteiger partial charge in [0.1, 0.15) is 0 Å². The number of allylic oxidation sites excluding steroid dienone is 1. The first-order chi connectivity index (χ1) is 13.7. The number of nitrogens with zero attached hydrogens (tertiary/aromatic N) is 2. The Morgan fingerprint density at radius 1 is 1.07 bits per heavy atom. The Bertz CT molecular complexity index is 1050. The molecule has 6 heteroatoms. The minimum atomic E-state index is -0.264. The average Bonchev–Trinajstić information content (AvgIpc) is 3.42. The SMILES string of the molecule is CC(/C=C\c1ccc2c(c1)OCO2)=NNC(=O)c1ccccc1-n1cccc1. The van der Waals surface area contributed by atoms with E-state index in [-0.39, 0.29) is 12.7 Å². The van der Waals surface area contributed by atoms with Crippen molar-refractivity contribution < 1.29 is 14.3 Å². The van der Waals surface area contributed by atoms with E-state index in [0.29, 0.717) is 11.3 Å². The lowest BCUT2D eigenvalue weighted by Gasteiger charge is -2.09. The van der Waals surface area contributed by atoms with Crippen LogP contribution < -0.4 is 14.9 Å². The van der Waals surface area contributed by atoms with Crippen LogP contribution in [0.2, 0.25) is 0 Å². The smallest absolute Gasteiger partial charge is 0.273 e. The van der Waals surface area contributed by atoms with Gasteiger partial charge in [0.2, 0.25) is 6.79 Å². The summed E-state index contributed by atoms with van der Waals surface area (Å²) in [5.74, 6) is 1.21. The number of carbonyl (C=O) groups excluding carboxylic acids is 1. The lowest BCUT2D eigenvalue weighted by Crippen LogP contribution is -2.20. The number of hydrogen-bond acceptors (Lipinski definition) is 4. The van der Waals surface area contributed by atoms with Crippen molar-refractivity contribution in [3.8, 4) is 17.2 Å². The van der Waals surface area contributed by atoms with Gasteiger partial charge < -0.3 is 14.0 Å². The van der Waals surface area contributed by atoms with E-state index in [9.17, 15) is 4.79 Å². The monoisotopic (exact) mass is 373 g/mol. The van der Waals surface area contributed by atoms with Crippen LogP contribution in [0.15, 0.2) is 78.2 Å². The maximum atomic E-state index is 12.6. The van der Waals surface area contributed by atoms with E-state index >= 15 is 0 Å². The first-order valence-electron chi connectivity index (χ1n) is 8.85. The maximum Gasteiger partial charge on any atom is 0.273 e. The number of aromatic nitrogens is 1. The van der Waals surface area contributed by atoms with Crippen molar-refractivity contribution in [1.82, 2.24) is 9.99 Å². The fourth-order valence-electron chi connectivity index (χ4n) is 2.86. The summed E-state index contributed by atoms with van der Waals surface area (Å²) < 4.78 is 12.6. The molecular formula is C22H19N3O3. The van der Waals surface area contributed by atoms with Crippen molar-refractivity contribution in [3.05, 3.63) is 84.2 Å². The van der Waals surface area contributed by atoms with Gasteiger partial charge in [0, 0.05) is 12.4 Å². The molecule has 0 unspecified atom stereocenters. The molecule has 1 N–H and O–H groups in total. The van der Waals surface area contributed by atoms with Gasteiger partial charge in [-0.1, -0.05) is 24.3 Å². The Morgan fingerprint density at radius 2 is 1.86 bits per heavy atom. The molecule has 1 amide bonds. The zero-order chi connectivity index (χ0) is 19.3. The van der Waals surface area contributed by atoms with Crippen molar-refractivity contribution in [2.75, 3.05) is 6.79 Å². The van der Waals surface area contributed by atoms with Gasteiger partial charge in [-0.3, -0.25) is 4.79 Å². The number of hydrogen-bond donors (Lipinski definition) is 1. The molecule has 140 valence electrons. The fraction of sp³-hybridized carbons (Fsp3) is 0.0909. The fourth-order valence-corrected chi connectivity index (χ4v) is 2.86. The number of carbonyl (C=O) groups is 1. The highest BCUT2D eigenvalue weighted by Gasteiger charge is 2.12. The van der Waals surface area contributed by atoms with Crippen LogP contribution in [0.3, 0.4) is 0 Å². The summed E-state index contributed by atoms with van der Waals surface area (Å²) >= 11 is 0. The predicted octanol–water partition coefficient (Wildman–Crippen LogP) is 4.03. The molecular weight excluding hydrogens is 354 g/mol. The molecule has 0 atom stereocenters. The molecule has 0 fully saturated rings. The summed E-state index contributed by atoms with van der Waals surface area (Å²) in [6, 6.07) is 16.9. The van der Waals surface area contributed by atoms with E-state index in [1.54, 1.807) is 6.07 Å². The largest absolute Gasteiger partial charge is 0.454 e. The van der Waals surface area contributed by atoms with Gasteiger partial charge in [-0.25, -0.2) is 5.43 Å². The Balaban J connectivity index is 1.45. The number of rotatable bonds is 5.